The van der Waals surface area contributed by atoms with Crippen molar-refractivity contribution in [2.24, 2.45) is 5.92 Å². The van der Waals surface area contributed by atoms with Crippen LogP contribution < -0.4 is 5.32 Å². The number of halogens is 1. The third kappa shape index (κ3) is 2.36. The summed E-state index contributed by atoms with van der Waals surface area (Å²) in [5, 5.41) is 12.5. The number of carboxylic acids is 1. The minimum Gasteiger partial charge on any atom is -0.480 e. The molecule has 1 saturated heterocycles. The molecule has 2 bridgehead atoms. The molecule has 5 nitrogen and oxygen atoms in total. The molecule has 1 saturated carbocycles. The third-order valence-corrected chi connectivity index (χ3v) is 5.05. The summed E-state index contributed by atoms with van der Waals surface area (Å²) in [6, 6.07) is 4.40. The Balaban J connectivity index is 1.99. The minimum atomic E-state index is -0.933. The van der Waals surface area contributed by atoms with Crippen LogP contribution in [0.5, 0.6) is 0 Å². The summed E-state index contributed by atoms with van der Waals surface area (Å²) in [7, 11) is 0. The van der Waals surface area contributed by atoms with Crippen LogP contribution in [-0.2, 0) is 15.1 Å². The average Bonchev–Trinajstić information content (AvgIpc) is 2.84. The van der Waals surface area contributed by atoms with Gasteiger partial charge in [-0.2, -0.15) is 0 Å². The smallest absolute Gasteiger partial charge is 0.329 e. The van der Waals surface area contributed by atoms with E-state index in [9.17, 15) is 4.79 Å². The number of aliphatic carboxylic acids is 1. The van der Waals surface area contributed by atoms with Gasteiger partial charge in [-0.05, 0) is 41.3 Å². The molecule has 0 amide bonds. The van der Waals surface area contributed by atoms with Crippen molar-refractivity contribution in [3.63, 3.8) is 0 Å². The van der Waals surface area contributed by atoms with Crippen molar-refractivity contribution in [1.29, 1.82) is 0 Å². The molecule has 1 aliphatic heterocycles. The van der Waals surface area contributed by atoms with Gasteiger partial charge in [0.15, 0.2) is 0 Å². The molecule has 2 heterocycles. The molecule has 1 aliphatic carbocycles. The number of hydrogen-bond donors (Lipinski definition) is 2. The van der Waals surface area contributed by atoms with Gasteiger partial charge in [-0.3, -0.25) is 0 Å². The van der Waals surface area contributed by atoms with E-state index in [1.54, 1.807) is 6.20 Å². The predicted octanol–water partition coefficient (Wildman–Crippen LogP) is 1.91. The van der Waals surface area contributed by atoms with E-state index >= 15 is 0 Å². The highest BCUT2D eigenvalue weighted by Crippen LogP contribution is 2.48. The van der Waals surface area contributed by atoms with Crippen LogP contribution in [0.1, 0.15) is 24.8 Å². The van der Waals surface area contributed by atoms with Crippen LogP contribution in [0, 0.1) is 5.92 Å². The SMILES string of the molecule is O=C(O)COC1(c2cccnc2Br)CCC2CC1CN2. The Morgan fingerprint density at radius 1 is 1.65 bits per heavy atom. The second kappa shape index (κ2) is 5.42. The summed E-state index contributed by atoms with van der Waals surface area (Å²) in [5.74, 6) is -0.640. The lowest BCUT2D eigenvalue weighted by atomic mass is 9.72. The van der Waals surface area contributed by atoms with Crippen LogP contribution in [-0.4, -0.2) is 35.3 Å². The predicted molar refractivity (Wildman–Crippen MR) is 76.3 cm³/mol. The maximum absolute atomic E-state index is 10.9. The first-order chi connectivity index (χ1) is 9.62. The van der Waals surface area contributed by atoms with Gasteiger partial charge in [-0.1, -0.05) is 6.07 Å². The lowest BCUT2D eigenvalue weighted by molar-refractivity contribution is -0.158. The molecule has 0 radical (unpaired) electrons. The third-order valence-electron chi connectivity index (χ3n) is 4.41. The number of rotatable bonds is 4. The largest absolute Gasteiger partial charge is 0.480 e. The lowest BCUT2D eigenvalue weighted by Gasteiger charge is -2.42. The molecule has 1 aromatic heterocycles. The lowest BCUT2D eigenvalue weighted by Crippen LogP contribution is -2.43. The first-order valence-corrected chi connectivity index (χ1v) is 7.61. The molecular weight excluding hydrogens is 324 g/mol. The van der Waals surface area contributed by atoms with E-state index in [2.05, 4.69) is 26.2 Å². The highest BCUT2D eigenvalue weighted by atomic mass is 79.9. The van der Waals surface area contributed by atoms with E-state index in [1.807, 2.05) is 12.1 Å². The van der Waals surface area contributed by atoms with Gasteiger partial charge < -0.3 is 15.2 Å². The molecule has 2 fully saturated rings. The minimum absolute atomic E-state index is 0.275. The Morgan fingerprint density at radius 3 is 3.25 bits per heavy atom. The monoisotopic (exact) mass is 340 g/mol. The Labute approximate surface area is 125 Å². The zero-order chi connectivity index (χ0) is 14.2. The number of nitrogens with zero attached hydrogens (tertiary/aromatic N) is 1. The molecule has 3 rings (SSSR count). The average molecular weight is 341 g/mol. The fourth-order valence-electron chi connectivity index (χ4n) is 3.50. The Hall–Kier alpha value is -0.980. The van der Waals surface area contributed by atoms with E-state index in [0.29, 0.717) is 12.0 Å². The zero-order valence-corrected chi connectivity index (χ0v) is 12.6. The van der Waals surface area contributed by atoms with Gasteiger partial charge in [0.25, 0.3) is 0 Å². The van der Waals surface area contributed by atoms with E-state index < -0.39 is 11.6 Å². The number of nitrogens with one attached hydrogen (secondary N) is 1. The number of fused-ring (bicyclic) bond motifs is 2. The van der Waals surface area contributed by atoms with E-state index in [4.69, 9.17) is 9.84 Å². The van der Waals surface area contributed by atoms with Gasteiger partial charge in [0, 0.05) is 30.3 Å². The highest BCUT2D eigenvalue weighted by Gasteiger charge is 2.50. The quantitative estimate of drug-likeness (QED) is 0.819. The molecule has 6 heteroatoms. The Bertz CT molecular complexity index is 525. The van der Waals surface area contributed by atoms with E-state index in [-0.39, 0.29) is 6.61 Å². The van der Waals surface area contributed by atoms with Crippen LogP contribution in [0.15, 0.2) is 22.9 Å². The highest BCUT2D eigenvalue weighted by molar-refractivity contribution is 9.10. The number of aromatic nitrogens is 1. The number of hydrogen-bond acceptors (Lipinski definition) is 4. The summed E-state index contributed by atoms with van der Waals surface area (Å²) in [5.41, 5.74) is 0.416. The van der Waals surface area contributed by atoms with Crippen molar-refractivity contribution in [2.75, 3.05) is 13.2 Å². The maximum Gasteiger partial charge on any atom is 0.329 e. The first kappa shape index (κ1) is 14.0. The normalized spacial score (nSPS) is 32.2. The summed E-state index contributed by atoms with van der Waals surface area (Å²) in [6.45, 7) is 0.591. The maximum atomic E-state index is 10.9. The van der Waals surface area contributed by atoms with Crippen molar-refractivity contribution < 1.29 is 14.6 Å². The Kier molecular flexibility index (Phi) is 3.79. The van der Waals surface area contributed by atoms with Gasteiger partial charge in [-0.25, -0.2) is 9.78 Å². The summed E-state index contributed by atoms with van der Waals surface area (Å²) >= 11 is 3.49. The van der Waals surface area contributed by atoms with Gasteiger partial charge in [0.05, 0.1) is 0 Å². The summed E-state index contributed by atoms with van der Waals surface area (Å²) in [4.78, 5) is 15.2. The molecule has 3 atom stereocenters. The number of pyridine rings is 1. The van der Waals surface area contributed by atoms with Crippen LogP contribution in [0.25, 0.3) is 0 Å². The number of carbonyl (C=O) groups is 1. The zero-order valence-electron chi connectivity index (χ0n) is 11.0. The van der Waals surface area contributed by atoms with Crippen molar-refractivity contribution >= 4 is 21.9 Å². The first-order valence-electron chi connectivity index (χ1n) is 6.82. The summed E-state index contributed by atoms with van der Waals surface area (Å²) < 4.78 is 6.67. The fraction of sp³-hybridized carbons (Fsp3) is 0.571. The van der Waals surface area contributed by atoms with Gasteiger partial charge >= 0.3 is 5.97 Å². The summed E-state index contributed by atoms with van der Waals surface area (Å²) in [6.07, 6.45) is 4.57. The van der Waals surface area contributed by atoms with Crippen LogP contribution in [0.4, 0.5) is 0 Å². The van der Waals surface area contributed by atoms with Crippen LogP contribution in [0.2, 0.25) is 0 Å². The van der Waals surface area contributed by atoms with Gasteiger partial charge in [0.1, 0.15) is 16.8 Å². The van der Waals surface area contributed by atoms with Gasteiger partial charge in [-0.15, -0.1) is 0 Å². The molecule has 20 heavy (non-hydrogen) atoms. The molecule has 0 aromatic carbocycles. The molecule has 2 aliphatic rings. The molecule has 1 aromatic rings. The van der Waals surface area contributed by atoms with Crippen molar-refractivity contribution in [1.82, 2.24) is 10.3 Å². The molecule has 2 N–H and O–H groups in total. The van der Waals surface area contributed by atoms with Crippen molar-refractivity contribution in [2.45, 2.75) is 30.9 Å². The topological polar surface area (TPSA) is 71.5 Å². The van der Waals surface area contributed by atoms with E-state index in [0.717, 1.165) is 36.0 Å². The number of ether oxygens (including phenoxy) is 1. The van der Waals surface area contributed by atoms with E-state index in [1.165, 1.54) is 0 Å². The molecule has 108 valence electrons. The molecular formula is C14H17BrN2O3. The Morgan fingerprint density at radius 2 is 2.50 bits per heavy atom. The second-order valence-corrected chi connectivity index (χ2v) is 6.24. The van der Waals surface area contributed by atoms with Crippen LogP contribution >= 0.6 is 15.9 Å². The molecule has 3 unspecified atom stereocenters. The standard InChI is InChI=1S/C14H17BrN2O3/c15-13-11(2-1-5-16-13)14(20-8-12(18)19)4-3-10-6-9(14)7-17-10/h1-2,5,9-10,17H,3-4,6-8H2,(H,18,19). The van der Waals surface area contributed by atoms with Gasteiger partial charge in [0.2, 0.25) is 0 Å². The number of carboxylic acid groups (broad SMARTS) is 1. The fourth-order valence-corrected chi connectivity index (χ4v) is 4.09. The van der Waals surface area contributed by atoms with Crippen molar-refractivity contribution in [3.05, 3.63) is 28.5 Å². The van der Waals surface area contributed by atoms with Crippen LogP contribution in [0.3, 0.4) is 0 Å². The van der Waals surface area contributed by atoms with Crippen molar-refractivity contribution in [3.8, 4) is 0 Å². The molecule has 0 spiro atoms. The second-order valence-electron chi connectivity index (χ2n) is 5.49.